The lowest BCUT2D eigenvalue weighted by Gasteiger charge is -2.42. The Bertz CT molecular complexity index is 608. The van der Waals surface area contributed by atoms with E-state index in [9.17, 15) is 9.59 Å². The van der Waals surface area contributed by atoms with Gasteiger partial charge in [0, 0.05) is 5.57 Å². The number of hydrogen-bond acceptors (Lipinski definition) is 7. The zero-order chi connectivity index (χ0) is 24.7. The van der Waals surface area contributed by atoms with E-state index in [-0.39, 0.29) is 13.2 Å². The molecule has 31 heavy (non-hydrogen) atoms. The van der Waals surface area contributed by atoms with E-state index in [1.165, 1.54) is 0 Å². The van der Waals surface area contributed by atoms with Crippen LogP contribution < -0.4 is 5.32 Å². The highest BCUT2D eigenvalue weighted by atomic mass is 28.4. The van der Waals surface area contributed by atoms with Crippen molar-refractivity contribution in [1.29, 1.82) is 0 Å². The smallest absolute Gasteiger partial charge is 0.409 e. The van der Waals surface area contributed by atoms with Crippen molar-refractivity contribution >= 4 is 47.3 Å². The summed E-state index contributed by atoms with van der Waals surface area (Å²) >= 11 is 0. The number of alkyl carbamates (subject to hydrolysis) is 1. The number of nitrogens with one attached hydrogen (secondary N) is 1. The predicted molar refractivity (Wildman–Crippen MR) is 135 cm³/mol. The Kier molecular flexibility index (Phi) is 11.6. The first-order chi connectivity index (χ1) is 13.7. The van der Waals surface area contributed by atoms with E-state index >= 15 is 0 Å². The fourth-order valence-electron chi connectivity index (χ4n) is 2.79. The summed E-state index contributed by atoms with van der Waals surface area (Å²) in [5.74, 6) is -0.497. The molecule has 12 heteroatoms. The van der Waals surface area contributed by atoms with Crippen LogP contribution >= 0.6 is 0 Å². The summed E-state index contributed by atoms with van der Waals surface area (Å²) in [7, 11) is -5.28. The monoisotopic (exact) mass is 509 g/mol. The van der Waals surface area contributed by atoms with Gasteiger partial charge in [0.05, 0.1) is 23.2 Å². The molecule has 1 atom stereocenters. The fraction of sp³-hybridized carbons (Fsp3) is 0.789. The Balaban J connectivity index is 5.23. The first-order valence-corrected chi connectivity index (χ1v) is 21.8. The molecule has 0 rings (SSSR count). The summed E-state index contributed by atoms with van der Waals surface area (Å²) in [6.45, 7) is 24.0. The molecular weight excluding hydrogens is 467 g/mol. The molecule has 0 spiro atoms. The van der Waals surface area contributed by atoms with Crippen LogP contribution in [0.4, 0.5) is 4.79 Å². The third kappa shape index (κ3) is 16.5. The second kappa shape index (κ2) is 11.9. The van der Waals surface area contributed by atoms with Crippen LogP contribution in [0, 0.1) is 0 Å². The third-order valence-corrected chi connectivity index (χ3v) is 7.95. The lowest BCUT2D eigenvalue weighted by molar-refractivity contribution is -0.139. The van der Waals surface area contributed by atoms with Crippen LogP contribution in [0.15, 0.2) is 12.2 Å². The lowest BCUT2D eigenvalue weighted by atomic mass is 10.4. The highest BCUT2D eigenvalue weighted by molar-refractivity contribution is 6.71. The van der Waals surface area contributed by atoms with E-state index in [1.807, 2.05) is 19.6 Å². The molecule has 1 amide bonds. The second-order valence-electron chi connectivity index (χ2n) is 10.7. The van der Waals surface area contributed by atoms with Crippen LogP contribution in [0.3, 0.4) is 0 Å². The summed E-state index contributed by atoms with van der Waals surface area (Å²) in [5.41, 5.74) is -0.490. The maximum absolute atomic E-state index is 12.4. The molecule has 0 saturated heterocycles. The molecule has 0 aliphatic heterocycles. The number of rotatable bonds is 13. The maximum atomic E-state index is 12.4. The quantitative estimate of drug-likeness (QED) is 0.134. The van der Waals surface area contributed by atoms with Crippen molar-refractivity contribution in [2.24, 2.45) is 0 Å². The Morgan fingerprint density at radius 2 is 1.45 bits per heavy atom. The highest BCUT2D eigenvalue weighted by Gasteiger charge is 2.40. The lowest BCUT2D eigenvalue weighted by Crippen LogP contribution is -2.54. The molecule has 0 fully saturated rings. The molecule has 0 aromatic carbocycles. The largest absolute Gasteiger partial charge is 0.460 e. The SMILES string of the molecule is C=C(C)C(=O)OCCNC(=O)OC(CC([SiH3])(O[Si](C)(C)C)O[Si](C)(C)C)O[Si](C)(C)C. The van der Waals surface area contributed by atoms with Gasteiger partial charge in [0.1, 0.15) is 12.0 Å². The van der Waals surface area contributed by atoms with E-state index in [2.05, 4.69) is 51.2 Å². The minimum atomic E-state index is -2.03. The van der Waals surface area contributed by atoms with Gasteiger partial charge in [-0.25, -0.2) is 9.59 Å². The van der Waals surface area contributed by atoms with Crippen LogP contribution in [0.5, 0.6) is 0 Å². The number of hydrogen-bond donors (Lipinski definition) is 1. The summed E-state index contributed by atoms with van der Waals surface area (Å²) in [5, 5.41) is 2.59. The normalized spacial score (nSPS) is 14.1. The van der Waals surface area contributed by atoms with Gasteiger partial charge >= 0.3 is 12.1 Å². The highest BCUT2D eigenvalue weighted by Crippen LogP contribution is 2.28. The van der Waals surface area contributed by atoms with Crippen molar-refractivity contribution in [2.75, 3.05) is 13.2 Å². The zero-order valence-electron chi connectivity index (χ0n) is 21.3. The van der Waals surface area contributed by atoms with Gasteiger partial charge in [-0.05, 0) is 65.8 Å². The minimum Gasteiger partial charge on any atom is -0.460 e. The van der Waals surface area contributed by atoms with Crippen molar-refractivity contribution in [3.05, 3.63) is 12.2 Å². The predicted octanol–water partition coefficient (Wildman–Crippen LogP) is 3.12. The average Bonchev–Trinajstić information content (AvgIpc) is 2.44. The topological polar surface area (TPSA) is 92.3 Å². The fourth-order valence-corrected chi connectivity index (χ4v) is 10.6. The Morgan fingerprint density at radius 1 is 0.968 bits per heavy atom. The molecule has 0 bridgehead atoms. The molecule has 0 aromatic heterocycles. The van der Waals surface area contributed by atoms with Gasteiger partial charge in [0.2, 0.25) is 6.29 Å². The summed E-state index contributed by atoms with van der Waals surface area (Å²) in [6, 6.07) is 0. The Hall–Kier alpha value is -0.772. The number of amides is 1. The first kappa shape index (κ1) is 30.2. The average molecular weight is 510 g/mol. The Morgan fingerprint density at radius 3 is 1.84 bits per heavy atom. The van der Waals surface area contributed by atoms with Gasteiger partial charge in [-0.3, -0.25) is 0 Å². The first-order valence-electron chi connectivity index (χ1n) is 10.6. The molecule has 182 valence electrons. The molecule has 0 aliphatic carbocycles. The number of carbonyl (C=O) groups excluding carboxylic acids is 2. The molecule has 0 heterocycles. The summed E-state index contributed by atoms with van der Waals surface area (Å²) in [6.07, 6.45) is -1.12. The molecule has 1 N–H and O–H groups in total. The van der Waals surface area contributed by atoms with Crippen LogP contribution in [-0.2, 0) is 27.5 Å². The zero-order valence-corrected chi connectivity index (χ0v) is 26.3. The van der Waals surface area contributed by atoms with E-state index in [0.29, 0.717) is 22.2 Å². The van der Waals surface area contributed by atoms with Crippen LogP contribution in [0.1, 0.15) is 13.3 Å². The van der Waals surface area contributed by atoms with Crippen molar-refractivity contribution in [3.63, 3.8) is 0 Å². The molecule has 0 radical (unpaired) electrons. The Labute approximate surface area is 194 Å². The maximum Gasteiger partial charge on any atom is 0.409 e. The molecular formula is C19H43NO7Si4. The second-order valence-corrected chi connectivity index (χ2v) is 25.5. The van der Waals surface area contributed by atoms with Gasteiger partial charge in [-0.1, -0.05) is 6.58 Å². The molecule has 0 saturated carbocycles. The van der Waals surface area contributed by atoms with E-state index in [0.717, 1.165) is 0 Å². The van der Waals surface area contributed by atoms with Crippen LogP contribution in [-0.4, -0.2) is 72.1 Å². The van der Waals surface area contributed by atoms with Gasteiger partial charge in [-0.15, -0.1) is 0 Å². The van der Waals surface area contributed by atoms with Gasteiger partial charge < -0.3 is 28.1 Å². The standard InChI is InChI=1S/C19H43NO7Si4/c1-15(2)17(21)23-13-12-20-18(22)24-16(25-29(3,4)5)14-19(28,26-30(6,7)8)27-31(9,10)11/h16H,1,12-14H2,2-11,28H3,(H,20,22). The molecule has 0 aliphatic rings. The van der Waals surface area contributed by atoms with Crippen LogP contribution in [0.25, 0.3) is 0 Å². The summed E-state index contributed by atoms with van der Waals surface area (Å²) in [4.78, 5) is 23.8. The van der Waals surface area contributed by atoms with E-state index in [4.69, 9.17) is 22.8 Å². The molecule has 0 aromatic rings. The van der Waals surface area contributed by atoms with Gasteiger partial charge in [-0.2, -0.15) is 0 Å². The van der Waals surface area contributed by atoms with Crippen molar-refractivity contribution in [1.82, 2.24) is 5.32 Å². The number of carbonyl (C=O) groups is 2. The van der Waals surface area contributed by atoms with Crippen molar-refractivity contribution in [2.45, 2.75) is 84.0 Å². The molecule has 1 unspecified atom stereocenters. The van der Waals surface area contributed by atoms with E-state index in [1.54, 1.807) is 6.92 Å². The van der Waals surface area contributed by atoms with Gasteiger partial charge in [0.15, 0.2) is 25.0 Å². The number of esters is 1. The van der Waals surface area contributed by atoms with Gasteiger partial charge in [0.25, 0.3) is 0 Å². The van der Waals surface area contributed by atoms with Crippen molar-refractivity contribution in [3.8, 4) is 0 Å². The number of ether oxygens (including phenoxy) is 2. The minimum absolute atomic E-state index is 0.0302. The van der Waals surface area contributed by atoms with Crippen LogP contribution in [0.2, 0.25) is 58.9 Å². The summed E-state index contributed by atoms with van der Waals surface area (Å²) < 4.78 is 29.6. The van der Waals surface area contributed by atoms with Crippen molar-refractivity contribution < 1.29 is 32.3 Å². The van der Waals surface area contributed by atoms with E-state index < -0.39 is 48.7 Å². The molecule has 8 nitrogen and oxygen atoms in total. The third-order valence-electron chi connectivity index (χ3n) is 3.26.